The third-order valence-electron chi connectivity index (χ3n) is 2.72. The average molecular weight is 300 g/mol. The summed E-state index contributed by atoms with van der Waals surface area (Å²) in [6.45, 7) is 1.73. The number of hydrogen-bond donors (Lipinski definition) is 2. The minimum Gasteiger partial charge on any atom is -0.465 e. The molecule has 0 saturated heterocycles. The fraction of sp³-hybridized carbons (Fsp3) is 0.385. The molecule has 0 saturated carbocycles. The number of ether oxygens (including phenoxy) is 1. The summed E-state index contributed by atoms with van der Waals surface area (Å²) in [6.07, 6.45) is 0. The van der Waals surface area contributed by atoms with Gasteiger partial charge in [0.15, 0.2) is 0 Å². The van der Waals surface area contributed by atoms with E-state index >= 15 is 0 Å². The van der Waals surface area contributed by atoms with E-state index < -0.39 is 5.97 Å². The van der Waals surface area contributed by atoms with Crippen molar-refractivity contribution in [1.82, 2.24) is 9.74 Å². The second kappa shape index (κ2) is 8.52. The first-order valence-corrected chi connectivity index (χ1v) is 6.53. The largest absolute Gasteiger partial charge is 0.465 e. The molecule has 0 spiro atoms. The number of methoxy groups -OCH3 is 1. The molecule has 0 aromatic heterocycles. The summed E-state index contributed by atoms with van der Waals surface area (Å²) in [5.74, 6) is -0.590. The molecular weight excluding hydrogens is 282 g/mol. The number of hydrogen-bond acceptors (Lipinski definition) is 5. The lowest BCUT2D eigenvalue weighted by Gasteiger charge is -2.21. The molecular formula is C13H18ClN3O3. The molecule has 3 N–H and O–H groups in total. The number of carbonyl (C=O) groups excluding carboxylic acids is 2. The van der Waals surface area contributed by atoms with Crippen LogP contribution in [0.2, 0.25) is 0 Å². The molecule has 0 aliphatic carbocycles. The van der Waals surface area contributed by atoms with E-state index in [1.54, 1.807) is 29.2 Å². The first-order valence-electron chi connectivity index (χ1n) is 6.15. The van der Waals surface area contributed by atoms with Crippen LogP contribution in [0.15, 0.2) is 24.3 Å². The summed E-state index contributed by atoms with van der Waals surface area (Å²) in [4.78, 5) is 27.7. The Labute approximate surface area is 122 Å². The van der Waals surface area contributed by atoms with Gasteiger partial charge in [0.2, 0.25) is 0 Å². The molecule has 0 aliphatic rings. The van der Waals surface area contributed by atoms with Crippen molar-refractivity contribution in [2.24, 2.45) is 5.73 Å². The fourth-order valence-electron chi connectivity index (χ4n) is 1.70. The van der Waals surface area contributed by atoms with E-state index in [4.69, 9.17) is 17.5 Å². The van der Waals surface area contributed by atoms with Crippen molar-refractivity contribution in [3.63, 3.8) is 0 Å². The zero-order chi connectivity index (χ0) is 15.0. The van der Waals surface area contributed by atoms with Gasteiger partial charge in [-0.1, -0.05) is 0 Å². The zero-order valence-electron chi connectivity index (χ0n) is 11.3. The Bertz CT molecular complexity index is 451. The van der Waals surface area contributed by atoms with Crippen molar-refractivity contribution in [1.29, 1.82) is 0 Å². The van der Waals surface area contributed by atoms with Crippen molar-refractivity contribution in [3.05, 3.63) is 35.4 Å². The number of carbonyl (C=O) groups is 2. The van der Waals surface area contributed by atoms with Gasteiger partial charge in [0.05, 0.1) is 12.7 Å². The first kappa shape index (κ1) is 16.4. The van der Waals surface area contributed by atoms with Crippen LogP contribution in [0.1, 0.15) is 20.7 Å². The average Bonchev–Trinajstić information content (AvgIpc) is 2.50. The predicted octanol–water partition coefficient (Wildman–Crippen LogP) is 0.617. The number of esters is 1. The van der Waals surface area contributed by atoms with Crippen LogP contribution < -0.4 is 10.6 Å². The summed E-state index contributed by atoms with van der Waals surface area (Å²) < 4.78 is 4.60. The Hall–Kier alpha value is -1.63. The Kier molecular flexibility index (Phi) is 7.00. The number of nitrogens with two attached hydrogens (primary N) is 1. The maximum Gasteiger partial charge on any atom is 0.337 e. The number of amides is 1. The van der Waals surface area contributed by atoms with Gasteiger partial charge in [0.1, 0.15) is 0 Å². The van der Waals surface area contributed by atoms with E-state index in [2.05, 4.69) is 9.57 Å². The molecule has 1 aromatic carbocycles. The Balaban J connectivity index is 2.80. The smallest absolute Gasteiger partial charge is 0.337 e. The van der Waals surface area contributed by atoms with Gasteiger partial charge in [-0.2, -0.15) is 0 Å². The summed E-state index contributed by atoms with van der Waals surface area (Å²) in [7, 11) is 1.31. The minimum atomic E-state index is -0.436. The lowest BCUT2D eigenvalue weighted by molar-refractivity contribution is 0.0600. The molecule has 20 heavy (non-hydrogen) atoms. The van der Waals surface area contributed by atoms with Gasteiger partial charge < -0.3 is 15.4 Å². The molecule has 0 fully saturated rings. The Morgan fingerprint density at radius 3 is 2.35 bits per heavy atom. The summed E-state index contributed by atoms with van der Waals surface area (Å²) in [5, 5.41) is 0. The highest BCUT2D eigenvalue weighted by atomic mass is 35.5. The first-order chi connectivity index (χ1) is 9.63. The van der Waals surface area contributed by atoms with Crippen LogP contribution in [-0.2, 0) is 4.74 Å². The standard InChI is InChI=1S/C13H18ClN3O3/c1-20-13(19)11-4-2-10(3-5-11)12(18)17(8-6-15)9-7-16-14/h2-5,16H,6-9,15H2,1H3. The number of nitrogens with one attached hydrogen (secondary N) is 1. The number of nitrogens with zero attached hydrogens (tertiary/aromatic N) is 1. The van der Waals surface area contributed by atoms with Crippen molar-refractivity contribution >= 4 is 23.7 Å². The molecule has 0 heterocycles. The number of rotatable bonds is 7. The molecule has 110 valence electrons. The third kappa shape index (κ3) is 4.48. The number of halogens is 1. The molecule has 6 nitrogen and oxygen atoms in total. The zero-order valence-corrected chi connectivity index (χ0v) is 12.0. The predicted molar refractivity (Wildman–Crippen MR) is 76.6 cm³/mol. The van der Waals surface area contributed by atoms with E-state index in [1.807, 2.05) is 0 Å². The lowest BCUT2D eigenvalue weighted by atomic mass is 10.1. The van der Waals surface area contributed by atoms with Crippen LogP contribution in [0, 0.1) is 0 Å². The van der Waals surface area contributed by atoms with Gasteiger partial charge in [0.25, 0.3) is 5.91 Å². The van der Waals surface area contributed by atoms with Gasteiger partial charge in [-0.05, 0) is 36.0 Å². The van der Waals surface area contributed by atoms with Crippen molar-refractivity contribution in [2.45, 2.75) is 0 Å². The van der Waals surface area contributed by atoms with Crippen molar-refractivity contribution in [3.8, 4) is 0 Å². The van der Waals surface area contributed by atoms with Gasteiger partial charge in [-0.3, -0.25) is 4.79 Å². The van der Waals surface area contributed by atoms with Gasteiger partial charge in [-0.15, -0.1) is 0 Å². The van der Waals surface area contributed by atoms with Gasteiger partial charge in [-0.25, -0.2) is 9.63 Å². The summed E-state index contributed by atoms with van der Waals surface area (Å²) in [5.41, 5.74) is 6.38. The monoisotopic (exact) mass is 299 g/mol. The third-order valence-corrected chi connectivity index (χ3v) is 2.90. The molecule has 1 aromatic rings. The molecule has 0 unspecified atom stereocenters. The van der Waals surface area contributed by atoms with Crippen LogP contribution >= 0.6 is 11.8 Å². The molecule has 0 aliphatic heterocycles. The topological polar surface area (TPSA) is 84.7 Å². The Morgan fingerprint density at radius 2 is 1.85 bits per heavy atom. The minimum absolute atomic E-state index is 0.154. The highest BCUT2D eigenvalue weighted by Gasteiger charge is 2.15. The van der Waals surface area contributed by atoms with Crippen molar-refractivity contribution < 1.29 is 14.3 Å². The van der Waals surface area contributed by atoms with Gasteiger partial charge in [0, 0.05) is 31.7 Å². The van der Waals surface area contributed by atoms with Crippen molar-refractivity contribution in [2.75, 3.05) is 33.3 Å². The molecule has 7 heteroatoms. The Morgan fingerprint density at radius 1 is 1.25 bits per heavy atom. The van der Waals surface area contributed by atoms with E-state index in [1.165, 1.54) is 7.11 Å². The van der Waals surface area contributed by atoms with E-state index in [9.17, 15) is 9.59 Å². The summed E-state index contributed by atoms with van der Waals surface area (Å²) >= 11 is 5.40. The van der Waals surface area contributed by atoms with Crippen LogP contribution in [0.3, 0.4) is 0 Å². The molecule has 0 atom stereocenters. The second-order valence-electron chi connectivity index (χ2n) is 4.03. The van der Waals surface area contributed by atoms with Crippen LogP contribution in [0.4, 0.5) is 0 Å². The van der Waals surface area contributed by atoms with E-state index in [-0.39, 0.29) is 5.91 Å². The molecule has 0 radical (unpaired) electrons. The molecule has 1 amide bonds. The van der Waals surface area contributed by atoms with Gasteiger partial charge >= 0.3 is 5.97 Å². The maximum absolute atomic E-state index is 12.3. The van der Waals surface area contributed by atoms with Crippen LogP contribution in [0.5, 0.6) is 0 Å². The summed E-state index contributed by atoms with van der Waals surface area (Å²) in [6, 6.07) is 6.29. The van der Waals surface area contributed by atoms with Crippen LogP contribution in [0.25, 0.3) is 0 Å². The second-order valence-corrected chi connectivity index (χ2v) is 4.30. The normalized spacial score (nSPS) is 10.2. The highest BCUT2D eigenvalue weighted by molar-refractivity contribution is 6.13. The molecule has 1 rings (SSSR count). The fourth-order valence-corrected chi connectivity index (χ4v) is 1.78. The van der Waals surface area contributed by atoms with E-state index in [0.29, 0.717) is 37.3 Å². The quantitative estimate of drug-likeness (QED) is 0.569. The molecule has 0 bridgehead atoms. The highest BCUT2D eigenvalue weighted by Crippen LogP contribution is 2.08. The maximum atomic E-state index is 12.3. The SMILES string of the molecule is COC(=O)c1ccc(C(=O)N(CCN)CCNCl)cc1. The lowest BCUT2D eigenvalue weighted by Crippen LogP contribution is -2.38. The van der Waals surface area contributed by atoms with Crippen LogP contribution in [-0.4, -0.2) is 50.1 Å². The van der Waals surface area contributed by atoms with E-state index in [0.717, 1.165) is 0 Å². The number of benzene rings is 1.